The number of anilines is 2. The summed E-state index contributed by atoms with van der Waals surface area (Å²) >= 11 is 0. The molecule has 0 saturated carbocycles. The van der Waals surface area contributed by atoms with Crippen LogP contribution in [0.25, 0.3) is 0 Å². The van der Waals surface area contributed by atoms with Gasteiger partial charge in [-0.3, -0.25) is 0 Å². The first-order chi connectivity index (χ1) is 12.0. The largest absolute Gasteiger partial charge is 0.355 e. The molecule has 0 aromatic carbocycles. The fourth-order valence-electron chi connectivity index (χ4n) is 4.02. The smallest absolute Gasteiger partial charge is 0.227 e. The Morgan fingerprint density at radius 2 is 1.48 bits per heavy atom. The van der Waals surface area contributed by atoms with Crippen molar-refractivity contribution in [3.63, 3.8) is 0 Å². The molecule has 0 radical (unpaired) electrons. The molecule has 2 aliphatic heterocycles. The van der Waals surface area contributed by atoms with Crippen LogP contribution in [0.5, 0.6) is 0 Å². The minimum Gasteiger partial charge on any atom is -0.355 e. The van der Waals surface area contributed by atoms with Gasteiger partial charge >= 0.3 is 0 Å². The second kappa shape index (κ2) is 7.87. The van der Waals surface area contributed by atoms with E-state index in [0.29, 0.717) is 12.1 Å². The number of likely N-dealkylation sites (N-methyl/N-ethyl adjacent to an activating group) is 2. The Kier molecular flexibility index (Phi) is 5.79. The van der Waals surface area contributed by atoms with Crippen molar-refractivity contribution in [2.45, 2.75) is 44.7 Å². The molecule has 6 heteroatoms. The Bertz CT molecular complexity index is 573. The summed E-state index contributed by atoms with van der Waals surface area (Å²) in [6, 6.07) is 1.20. The normalized spacial score (nSPS) is 25.1. The van der Waals surface area contributed by atoms with Crippen molar-refractivity contribution in [3.8, 4) is 0 Å². The fourth-order valence-corrected chi connectivity index (χ4v) is 4.02. The van der Waals surface area contributed by atoms with Crippen molar-refractivity contribution < 1.29 is 0 Å². The summed E-state index contributed by atoms with van der Waals surface area (Å²) in [5.41, 5.74) is 1.18. The van der Waals surface area contributed by atoms with Gasteiger partial charge in [-0.05, 0) is 60.8 Å². The molecule has 3 rings (SSSR count). The topological polar surface area (TPSA) is 38.7 Å². The van der Waals surface area contributed by atoms with Gasteiger partial charge in [0.15, 0.2) is 0 Å². The molecule has 140 valence electrons. The van der Waals surface area contributed by atoms with Gasteiger partial charge in [0.25, 0.3) is 0 Å². The predicted octanol–water partition coefficient (Wildman–Crippen LogP) is 1.85. The third kappa shape index (κ3) is 4.23. The van der Waals surface area contributed by atoms with Gasteiger partial charge in [-0.2, -0.15) is 4.98 Å². The van der Waals surface area contributed by atoms with Crippen molar-refractivity contribution in [3.05, 3.63) is 11.8 Å². The number of aromatic nitrogens is 2. The van der Waals surface area contributed by atoms with Crippen molar-refractivity contribution >= 4 is 11.8 Å². The van der Waals surface area contributed by atoms with Gasteiger partial charge in [0.2, 0.25) is 5.95 Å². The Balaban J connectivity index is 1.78. The van der Waals surface area contributed by atoms with E-state index in [2.05, 4.69) is 59.7 Å². The number of piperidine rings is 2. The second-order valence-electron chi connectivity index (χ2n) is 8.09. The van der Waals surface area contributed by atoms with Crippen LogP contribution in [0.4, 0.5) is 11.8 Å². The maximum Gasteiger partial charge on any atom is 0.227 e. The molecule has 6 nitrogen and oxygen atoms in total. The van der Waals surface area contributed by atoms with Gasteiger partial charge in [0.05, 0.1) is 0 Å². The maximum absolute atomic E-state index is 5.01. The van der Waals surface area contributed by atoms with Crippen LogP contribution in [0.15, 0.2) is 6.20 Å². The third-order valence-corrected chi connectivity index (χ3v) is 5.77. The molecule has 25 heavy (non-hydrogen) atoms. The number of hydrogen-bond acceptors (Lipinski definition) is 6. The number of nitrogens with zero attached hydrogens (tertiary/aromatic N) is 6. The Morgan fingerprint density at radius 3 is 2.08 bits per heavy atom. The fraction of sp³-hybridized carbons (Fsp3) is 0.789. The summed E-state index contributed by atoms with van der Waals surface area (Å²) in [4.78, 5) is 19.2. The van der Waals surface area contributed by atoms with Crippen molar-refractivity contribution in [2.75, 3.05) is 64.2 Å². The quantitative estimate of drug-likeness (QED) is 0.828. The second-order valence-corrected chi connectivity index (χ2v) is 8.09. The zero-order valence-corrected chi connectivity index (χ0v) is 16.6. The molecular weight excluding hydrogens is 312 g/mol. The average molecular weight is 347 g/mol. The van der Waals surface area contributed by atoms with Crippen molar-refractivity contribution in [1.29, 1.82) is 0 Å². The van der Waals surface area contributed by atoms with Gasteiger partial charge in [-0.15, -0.1) is 0 Å². The van der Waals surface area contributed by atoms with Gasteiger partial charge < -0.3 is 19.6 Å². The van der Waals surface area contributed by atoms with E-state index in [1.54, 1.807) is 0 Å². The van der Waals surface area contributed by atoms with Gasteiger partial charge in [0.1, 0.15) is 5.82 Å². The van der Waals surface area contributed by atoms with Crippen molar-refractivity contribution in [2.24, 2.45) is 0 Å². The standard InChI is InChI=1S/C19H34N6/c1-15-12-20-19(25-11-7-9-17(14-25)23(4)5)21-18(15)24-10-6-8-16(13-24)22(2)3/h12,16-17H,6-11,13-14H2,1-5H3/t16-,17+/m1/s1. The van der Waals surface area contributed by atoms with Crippen LogP contribution >= 0.6 is 0 Å². The van der Waals surface area contributed by atoms with Crippen LogP contribution < -0.4 is 9.80 Å². The van der Waals surface area contributed by atoms with Crippen LogP contribution in [0.3, 0.4) is 0 Å². The van der Waals surface area contributed by atoms with E-state index in [1.165, 1.54) is 31.2 Å². The first-order valence-electron chi connectivity index (χ1n) is 9.62. The maximum atomic E-state index is 5.01. The average Bonchev–Trinajstić information content (AvgIpc) is 2.62. The molecule has 2 fully saturated rings. The van der Waals surface area contributed by atoms with E-state index in [9.17, 15) is 0 Å². The third-order valence-electron chi connectivity index (χ3n) is 5.77. The molecule has 2 aliphatic rings. The lowest BCUT2D eigenvalue weighted by Crippen LogP contribution is -2.47. The van der Waals surface area contributed by atoms with E-state index < -0.39 is 0 Å². The predicted molar refractivity (Wildman–Crippen MR) is 105 cm³/mol. The monoisotopic (exact) mass is 346 g/mol. The van der Waals surface area contributed by atoms with E-state index in [4.69, 9.17) is 4.98 Å². The number of rotatable bonds is 4. The molecular formula is C19H34N6. The first kappa shape index (κ1) is 18.4. The van der Waals surface area contributed by atoms with E-state index in [0.717, 1.165) is 37.9 Å². The lowest BCUT2D eigenvalue weighted by molar-refractivity contribution is 0.256. The number of hydrogen-bond donors (Lipinski definition) is 0. The van der Waals surface area contributed by atoms with Gasteiger partial charge in [0, 0.05) is 50.0 Å². The van der Waals surface area contributed by atoms with Crippen LogP contribution in [0, 0.1) is 6.92 Å². The van der Waals surface area contributed by atoms with Crippen LogP contribution in [0.1, 0.15) is 31.2 Å². The summed E-state index contributed by atoms with van der Waals surface area (Å²) in [7, 11) is 8.71. The molecule has 1 aromatic rings. The zero-order chi connectivity index (χ0) is 18.0. The molecule has 0 aliphatic carbocycles. The summed E-state index contributed by atoms with van der Waals surface area (Å²) in [6.45, 7) is 6.38. The minimum absolute atomic E-state index is 0.593. The highest BCUT2D eigenvalue weighted by atomic mass is 15.3. The molecule has 2 atom stereocenters. The number of aryl methyl sites for hydroxylation is 1. The molecule has 1 aromatic heterocycles. The Morgan fingerprint density at radius 1 is 0.920 bits per heavy atom. The summed E-state index contributed by atoms with van der Waals surface area (Å²) < 4.78 is 0. The SMILES string of the molecule is Cc1cnc(N2CCC[C@H](N(C)C)C2)nc1N1CCC[C@@H](N(C)C)C1. The first-order valence-corrected chi connectivity index (χ1v) is 9.62. The highest BCUT2D eigenvalue weighted by Gasteiger charge is 2.26. The summed E-state index contributed by atoms with van der Waals surface area (Å²) in [5, 5.41) is 0. The van der Waals surface area contributed by atoms with Gasteiger partial charge in [-0.25, -0.2) is 4.98 Å². The van der Waals surface area contributed by atoms with E-state index in [-0.39, 0.29) is 0 Å². The minimum atomic E-state index is 0.593. The van der Waals surface area contributed by atoms with E-state index >= 15 is 0 Å². The van der Waals surface area contributed by atoms with Gasteiger partial charge in [-0.1, -0.05) is 0 Å². The molecule has 0 unspecified atom stereocenters. The molecule has 0 N–H and O–H groups in total. The van der Waals surface area contributed by atoms with Crippen LogP contribution in [-0.2, 0) is 0 Å². The Hall–Kier alpha value is -1.40. The summed E-state index contributed by atoms with van der Waals surface area (Å²) in [6.07, 6.45) is 6.99. The van der Waals surface area contributed by atoms with Crippen LogP contribution in [0.2, 0.25) is 0 Å². The lowest BCUT2D eigenvalue weighted by atomic mass is 10.0. The summed E-state index contributed by atoms with van der Waals surface area (Å²) in [5.74, 6) is 2.03. The van der Waals surface area contributed by atoms with Crippen LogP contribution in [-0.4, -0.2) is 86.2 Å². The molecule has 0 spiro atoms. The molecule has 0 amide bonds. The highest BCUT2D eigenvalue weighted by Crippen LogP contribution is 2.26. The molecule has 3 heterocycles. The Labute approximate surface area is 152 Å². The van der Waals surface area contributed by atoms with E-state index in [1.807, 2.05) is 6.20 Å². The molecule has 0 bridgehead atoms. The van der Waals surface area contributed by atoms with Crippen molar-refractivity contribution in [1.82, 2.24) is 19.8 Å². The molecule has 2 saturated heterocycles. The lowest BCUT2D eigenvalue weighted by Gasteiger charge is -2.38. The highest BCUT2D eigenvalue weighted by molar-refractivity contribution is 5.50. The zero-order valence-electron chi connectivity index (χ0n) is 16.6.